The van der Waals surface area contributed by atoms with Crippen LogP contribution < -0.4 is 9.47 Å². The monoisotopic (exact) mass is 562 g/mol. The maximum atomic E-state index is 13.7. The number of nitrogens with zero attached hydrogens (tertiary/aromatic N) is 2. The van der Waals surface area contributed by atoms with E-state index in [-0.39, 0.29) is 23.3 Å². The molecule has 214 valence electrons. The number of carbonyl (C=O) groups is 2. The fourth-order valence-electron chi connectivity index (χ4n) is 5.15. The number of Topliss-reactive ketones (excluding diaryl/α,β-unsaturated/α-hetero) is 1. The predicted octanol–water partition coefficient (Wildman–Crippen LogP) is 7.19. The minimum absolute atomic E-state index is 0.0183. The van der Waals surface area contributed by atoms with Crippen molar-refractivity contribution in [1.82, 2.24) is 9.88 Å². The second kappa shape index (κ2) is 11.9. The first-order valence-electron chi connectivity index (χ1n) is 13.9. The summed E-state index contributed by atoms with van der Waals surface area (Å²) in [6.45, 7) is 8.72. The average molecular weight is 563 g/mol. The number of carbonyl (C=O) groups excluding carboxylic acids is 2. The molecule has 42 heavy (non-hydrogen) atoms. The van der Waals surface area contributed by atoms with Gasteiger partial charge in [0, 0.05) is 30.1 Å². The third-order valence-corrected chi connectivity index (χ3v) is 7.13. The lowest BCUT2D eigenvalue weighted by atomic mass is 9.84. The van der Waals surface area contributed by atoms with Crippen molar-refractivity contribution in [2.45, 2.75) is 45.7 Å². The Labute approximate surface area is 246 Å². The van der Waals surface area contributed by atoms with Crippen LogP contribution in [0, 0.1) is 0 Å². The van der Waals surface area contributed by atoms with Crippen molar-refractivity contribution in [1.29, 1.82) is 0 Å². The van der Waals surface area contributed by atoms with Crippen LogP contribution in [-0.2, 0) is 21.5 Å². The molecular formula is C35H34N2O5. The summed E-state index contributed by atoms with van der Waals surface area (Å²) in [5.74, 6) is 0.226. The third-order valence-electron chi connectivity index (χ3n) is 7.13. The molecule has 0 saturated carbocycles. The minimum atomic E-state index is -0.853. The fourth-order valence-corrected chi connectivity index (χ4v) is 5.15. The smallest absolute Gasteiger partial charge is 0.295 e. The molecule has 5 rings (SSSR count). The molecule has 0 spiro atoms. The molecule has 3 aromatic carbocycles. The number of aromatic nitrogens is 1. The highest BCUT2D eigenvalue weighted by Gasteiger charge is 2.46. The Morgan fingerprint density at radius 2 is 1.69 bits per heavy atom. The molecule has 1 amide bonds. The van der Waals surface area contributed by atoms with Gasteiger partial charge in [-0.3, -0.25) is 14.6 Å². The van der Waals surface area contributed by atoms with E-state index in [1.54, 1.807) is 36.7 Å². The second-order valence-corrected chi connectivity index (χ2v) is 11.2. The number of aliphatic hydroxyl groups is 1. The van der Waals surface area contributed by atoms with E-state index in [1.165, 1.54) is 4.90 Å². The molecule has 1 aromatic heterocycles. The van der Waals surface area contributed by atoms with Crippen LogP contribution >= 0.6 is 0 Å². The fraction of sp³-hybridized carbons (Fsp3) is 0.229. The number of benzene rings is 3. The van der Waals surface area contributed by atoms with E-state index in [0.717, 1.165) is 11.1 Å². The number of para-hydroxylation sites is 1. The molecule has 0 bridgehead atoms. The van der Waals surface area contributed by atoms with Crippen LogP contribution in [0.3, 0.4) is 0 Å². The predicted molar refractivity (Wildman–Crippen MR) is 161 cm³/mol. The molecule has 2 heterocycles. The minimum Gasteiger partial charge on any atom is -0.507 e. The highest BCUT2D eigenvalue weighted by molar-refractivity contribution is 6.46. The van der Waals surface area contributed by atoms with E-state index in [1.807, 2.05) is 67.6 Å². The zero-order valence-electron chi connectivity index (χ0n) is 24.2. The molecule has 1 unspecified atom stereocenters. The standard InChI is InChI=1S/C35H34N2O5/c1-5-41-29-17-16-25(20-28(29)35(2,3)4)32(38)30-31(37(34(40)33(30)39)22-23-11-10-18-36-21-23)24-12-9-15-27(19-24)42-26-13-7-6-8-14-26/h6-21,31,38H,5,22H2,1-4H3/b32-30+. The van der Waals surface area contributed by atoms with Crippen LogP contribution in [0.5, 0.6) is 17.2 Å². The zero-order chi connectivity index (χ0) is 29.9. The average Bonchev–Trinajstić information content (AvgIpc) is 3.23. The lowest BCUT2D eigenvalue weighted by Crippen LogP contribution is -2.29. The summed E-state index contributed by atoms with van der Waals surface area (Å²) in [7, 11) is 0. The Morgan fingerprint density at radius 3 is 2.38 bits per heavy atom. The zero-order valence-corrected chi connectivity index (χ0v) is 24.2. The number of aliphatic hydroxyl groups excluding tert-OH is 1. The summed E-state index contributed by atoms with van der Waals surface area (Å²) >= 11 is 0. The number of hydrogen-bond donors (Lipinski definition) is 1. The van der Waals surface area contributed by atoms with E-state index in [0.29, 0.717) is 35.0 Å². The van der Waals surface area contributed by atoms with Crippen molar-refractivity contribution >= 4 is 17.4 Å². The molecular weight excluding hydrogens is 528 g/mol. The van der Waals surface area contributed by atoms with Gasteiger partial charge in [-0.15, -0.1) is 0 Å². The molecule has 1 aliphatic rings. The molecule has 0 radical (unpaired) electrons. The number of rotatable bonds is 8. The van der Waals surface area contributed by atoms with Crippen LogP contribution in [0.1, 0.15) is 56.0 Å². The molecule has 1 saturated heterocycles. The van der Waals surface area contributed by atoms with Crippen LogP contribution in [-0.4, -0.2) is 33.3 Å². The lowest BCUT2D eigenvalue weighted by Gasteiger charge is -2.26. The molecule has 1 atom stereocenters. The van der Waals surface area contributed by atoms with E-state index in [4.69, 9.17) is 9.47 Å². The van der Waals surface area contributed by atoms with Gasteiger partial charge in [-0.2, -0.15) is 0 Å². The summed E-state index contributed by atoms with van der Waals surface area (Å²) in [5.41, 5.74) is 2.43. The van der Waals surface area contributed by atoms with E-state index < -0.39 is 17.7 Å². The van der Waals surface area contributed by atoms with E-state index in [9.17, 15) is 14.7 Å². The molecule has 1 N–H and O–H groups in total. The van der Waals surface area contributed by atoms with Crippen molar-refractivity contribution in [2.75, 3.05) is 6.61 Å². The summed E-state index contributed by atoms with van der Waals surface area (Å²) in [4.78, 5) is 32.8. The maximum absolute atomic E-state index is 13.7. The summed E-state index contributed by atoms with van der Waals surface area (Å²) in [6, 6.07) is 24.7. The van der Waals surface area contributed by atoms with Crippen molar-refractivity contribution in [3.63, 3.8) is 0 Å². The van der Waals surface area contributed by atoms with Crippen LogP contribution in [0.2, 0.25) is 0 Å². The first-order chi connectivity index (χ1) is 20.2. The normalized spacial score (nSPS) is 16.5. The number of pyridine rings is 1. The summed E-state index contributed by atoms with van der Waals surface area (Å²) in [6.07, 6.45) is 3.31. The van der Waals surface area contributed by atoms with Gasteiger partial charge in [0.2, 0.25) is 0 Å². The first-order valence-corrected chi connectivity index (χ1v) is 13.9. The molecule has 7 nitrogen and oxygen atoms in total. The second-order valence-electron chi connectivity index (χ2n) is 11.2. The summed E-state index contributed by atoms with van der Waals surface area (Å²) in [5, 5.41) is 11.7. The van der Waals surface area contributed by atoms with Gasteiger partial charge in [0.05, 0.1) is 18.2 Å². The van der Waals surface area contributed by atoms with E-state index >= 15 is 0 Å². The number of ketones is 1. The van der Waals surface area contributed by atoms with Crippen LogP contribution in [0.4, 0.5) is 0 Å². The van der Waals surface area contributed by atoms with Crippen molar-refractivity contribution in [3.8, 4) is 17.2 Å². The maximum Gasteiger partial charge on any atom is 0.295 e. The van der Waals surface area contributed by atoms with Gasteiger partial charge >= 0.3 is 0 Å². The molecule has 1 fully saturated rings. The van der Waals surface area contributed by atoms with Crippen molar-refractivity contribution in [2.24, 2.45) is 0 Å². The van der Waals surface area contributed by atoms with Gasteiger partial charge in [-0.25, -0.2) is 0 Å². The summed E-state index contributed by atoms with van der Waals surface area (Å²) < 4.78 is 11.9. The highest BCUT2D eigenvalue weighted by atomic mass is 16.5. The number of ether oxygens (including phenoxy) is 2. The Balaban J connectivity index is 1.64. The molecule has 4 aromatic rings. The van der Waals surface area contributed by atoms with Crippen LogP contribution in [0.25, 0.3) is 5.76 Å². The molecule has 7 heteroatoms. The topological polar surface area (TPSA) is 89.0 Å². The lowest BCUT2D eigenvalue weighted by molar-refractivity contribution is -0.140. The molecule has 1 aliphatic heterocycles. The SMILES string of the molecule is CCOc1ccc(/C(O)=C2\C(=O)C(=O)N(Cc3cccnc3)C2c2cccc(Oc3ccccc3)c2)cc1C(C)(C)C. The Kier molecular flexibility index (Phi) is 8.11. The van der Waals surface area contributed by atoms with Gasteiger partial charge in [0.15, 0.2) is 0 Å². The quantitative estimate of drug-likeness (QED) is 0.139. The largest absolute Gasteiger partial charge is 0.507 e. The van der Waals surface area contributed by atoms with E-state index in [2.05, 4.69) is 25.8 Å². The number of likely N-dealkylation sites (tertiary alicyclic amines) is 1. The van der Waals surface area contributed by atoms with Gasteiger partial charge in [-0.1, -0.05) is 57.2 Å². The molecule has 0 aliphatic carbocycles. The first kappa shape index (κ1) is 28.6. The Morgan fingerprint density at radius 1 is 0.929 bits per heavy atom. The van der Waals surface area contributed by atoms with Crippen molar-refractivity contribution < 1.29 is 24.2 Å². The Hall–Kier alpha value is -4.91. The highest BCUT2D eigenvalue weighted by Crippen LogP contribution is 2.42. The van der Waals surface area contributed by atoms with Gasteiger partial charge in [0.25, 0.3) is 11.7 Å². The van der Waals surface area contributed by atoms with Gasteiger partial charge < -0.3 is 19.5 Å². The van der Waals surface area contributed by atoms with Crippen molar-refractivity contribution in [3.05, 3.63) is 125 Å². The number of amides is 1. The van der Waals surface area contributed by atoms with Crippen LogP contribution in [0.15, 0.2) is 103 Å². The van der Waals surface area contributed by atoms with Gasteiger partial charge in [-0.05, 0) is 72.0 Å². The number of hydrogen-bond acceptors (Lipinski definition) is 6. The third kappa shape index (κ3) is 5.91. The Bertz CT molecular complexity index is 1620. The van der Waals surface area contributed by atoms with Gasteiger partial charge in [0.1, 0.15) is 23.0 Å².